The van der Waals surface area contributed by atoms with E-state index in [0.29, 0.717) is 5.69 Å². The number of fused-ring (bicyclic) bond motifs is 7. The minimum atomic E-state index is -4.62. The van der Waals surface area contributed by atoms with Crippen molar-refractivity contribution in [2.24, 2.45) is 0 Å². The van der Waals surface area contributed by atoms with Gasteiger partial charge in [-0.3, -0.25) is 0 Å². The highest BCUT2D eigenvalue weighted by Crippen LogP contribution is 2.56. The highest BCUT2D eigenvalue weighted by Gasteiger charge is 2.49. The second-order valence-corrected chi connectivity index (χ2v) is 16.1. The van der Waals surface area contributed by atoms with Crippen molar-refractivity contribution in [3.8, 4) is 11.3 Å². The van der Waals surface area contributed by atoms with Crippen LogP contribution in [0.1, 0.15) is 22.4 Å². The summed E-state index contributed by atoms with van der Waals surface area (Å²) in [6.07, 6.45) is -4.62. The maximum atomic E-state index is 14.5. The molecule has 0 radical (unpaired) electrons. The zero-order valence-corrected chi connectivity index (χ0v) is 31.1. The van der Waals surface area contributed by atoms with Crippen LogP contribution in [0.15, 0.2) is 196 Å². The van der Waals surface area contributed by atoms with Crippen molar-refractivity contribution in [2.45, 2.75) is 31.3 Å². The van der Waals surface area contributed by atoms with Crippen LogP contribution < -0.4 is 9.80 Å². The van der Waals surface area contributed by atoms with Gasteiger partial charge in [-0.15, -0.1) is 0 Å². The Morgan fingerprint density at radius 2 is 0.857 bits per heavy atom. The van der Waals surface area contributed by atoms with Crippen LogP contribution in [0.5, 0.6) is 0 Å². The lowest BCUT2D eigenvalue weighted by atomic mass is 9.77. The molecular formula is C47H29F3N4S2. The van der Waals surface area contributed by atoms with Gasteiger partial charge in [-0.25, -0.2) is 4.68 Å². The molecule has 3 aliphatic heterocycles. The SMILES string of the molecule is FC(F)(F)c1cc2n(n1)C(c1ccc(N3c4ccccc4Sc4ccccc43)cc1)(c1ccc(N3c4ccccc4Sc4ccccc43)cc1)c1ccccc1-2. The Bertz CT molecular complexity index is 2600. The van der Waals surface area contributed by atoms with Gasteiger partial charge in [0, 0.05) is 36.5 Å². The van der Waals surface area contributed by atoms with E-state index in [1.54, 1.807) is 28.2 Å². The Balaban J connectivity index is 1.11. The predicted octanol–water partition coefficient (Wildman–Crippen LogP) is 13.6. The molecule has 0 fully saturated rings. The van der Waals surface area contributed by atoms with E-state index in [1.165, 1.54) is 6.07 Å². The van der Waals surface area contributed by atoms with E-state index in [2.05, 4.69) is 87.7 Å². The number of halogens is 3. The van der Waals surface area contributed by atoms with Gasteiger partial charge in [0.2, 0.25) is 0 Å². The van der Waals surface area contributed by atoms with Crippen molar-refractivity contribution < 1.29 is 13.2 Å². The van der Waals surface area contributed by atoms with Crippen LogP contribution in [0.3, 0.4) is 0 Å². The molecule has 0 amide bonds. The lowest BCUT2D eigenvalue weighted by Crippen LogP contribution is -2.36. The minimum Gasteiger partial charge on any atom is -0.308 e. The maximum Gasteiger partial charge on any atom is 0.435 e. The minimum absolute atomic E-state index is 0.424. The Morgan fingerprint density at radius 3 is 1.29 bits per heavy atom. The molecule has 0 N–H and O–H groups in total. The van der Waals surface area contributed by atoms with Gasteiger partial charge in [0.05, 0.1) is 28.4 Å². The molecule has 7 aromatic carbocycles. The van der Waals surface area contributed by atoms with E-state index in [9.17, 15) is 13.2 Å². The lowest BCUT2D eigenvalue weighted by Gasteiger charge is -2.36. The molecule has 0 saturated carbocycles. The second kappa shape index (κ2) is 12.4. The molecule has 0 unspecified atom stereocenters. The Labute approximate surface area is 329 Å². The smallest absolute Gasteiger partial charge is 0.308 e. The van der Waals surface area contributed by atoms with Gasteiger partial charge in [-0.1, -0.05) is 121 Å². The highest BCUT2D eigenvalue weighted by molar-refractivity contribution is 8.00. The normalized spacial score (nSPS) is 14.6. The zero-order valence-electron chi connectivity index (χ0n) is 29.5. The second-order valence-electron chi connectivity index (χ2n) is 13.9. The van der Waals surface area contributed by atoms with E-state index in [-0.39, 0.29) is 0 Å². The molecule has 9 heteroatoms. The summed E-state index contributed by atoms with van der Waals surface area (Å²) < 4.78 is 45.1. The Hall–Kier alpha value is -6.16. The van der Waals surface area contributed by atoms with Crippen LogP contribution in [-0.4, -0.2) is 9.78 Å². The average molecular weight is 771 g/mol. The molecule has 0 saturated heterocycles. The van der Waals surface area contributed by atoms with Gasteiger partial charge >= 0.3 is 6.18 Å². The number of anilines is 6. The topological polar surface area (TPSA) is 24.3 Å². The van der Waals surface area contributed by atoms with Crippen molar-refractivity contribution in [1.29, 1.82) is 0 Å². The van der Waals surface area contributed by atoms with Gasteiger partial charge in [-0.2, -0.15) is 18.3 Å². The molecule has 1 aromatic heterocycles. The van der Waals surface area contributed by atoms with Crippen LogP contribution in [0.25, 0.3) is 11.3 Å². The molecule has 270 valence electrons. The maximum absolute atomic E-state index is 14.5. The van der Waals surface area contributed by atoms with Crippen molar-refractivity contribution in [2.75, 3.05) is 9.80 Å². The van der Waals surface area contributed by atoms with Crippen LogP contribution in [0, 0.1) is 0 Å². The van der Waals surface area contributed by atoms with Gasteiger partial charge in [0.15, 0.2) is 5.69 Å². The molecule has 0 aliphatic carbocycles. The van der Waals surface area contributed by atoms with E-state index < -0.39 is 17.4 Å². The molecule has 0 spiro atoms. The van der Waals surface area contributed by atoms with Crippen molar-refractivity contribution in [3.05, 3.63) is 198 Å². The number of para-hydroxylation sites is 4. The summed E-state index contributed by atoms with van der Waals surface area (Å²) in [5.74, 6) is 0. The van der Waals surface area contributed by atoms with Gasteiger partial charge in [0.1, 0.15) is 5.54 Å². The number of aromatic nitrogens is 2. The molecule has 3 aliphatic rings. The summed E-state index contributed by atoms with van der Waals surface area (Å²) in [7, 11) is 0. The number of rotatable bonds is 4. The molecule has 8 aromatic rings. The number of benzene rings is 7. The third-order valence-corrected chi connectivity index (χ3v) is 13.1. The molecule has 4 heterocycles. The largest absolute Gasteiger partial charge is 0.435 e. The van der Waals surface area contributed by atoms with Gasteiger partial charge in [0.25, 0.3) is 0 Å². The number of alkyl halides is 3. The van der Waals surface area contributed by atoms with Crippen LogP contribution in [0.4, 0.5) is 47.3 Å². The first kappa shape index (κ1) is 33.2. The number of hydrogen-bond donors (Lipinski definition) is 0. The number of nitrogens with zero attached hydrogens (tertiary/aromatic N) is 4. The van der Waals surface area contributed by atoms with Crippen LogP contribution in [0.2, 0.25) is 0 Å². The summed E-state index contributed by atoms with van der Waals surface area (Å²) >= 11 is 3.49. The fourth-order valence-corrected chi connectivity index (χ4v) is 10.6. The van der Waals surface area contributed by atoms with E-state index in [1.807, 2.05) is 97.1 Å². The highest BCUT2D eigenvalue weighted by atomic mass is 32.2. The fraction of sp³-hybridized carbons (Fsp3) is 0.0426. The van der Waals surface area contributed by atoms with Crippen LogP contribution in [-0.2, 0) is 11.7 Å². The summed E-state index contributed by atoms with van der Waals surface area (Å²) in [6, 6.07) is 58.7. The Morgan fingerprint density at radius 1 is 0.464 bits per heavy atom. The fourth-order valence-electron chi connectivity index (χ4n) is 8.49. The Kier molecular flexibility index (Phi) is 7.37. The predicted molar refractivity (Wildman–Crippen MR) is 218 cm³/mol. The van der Waals surface area contributed by atoms with E-state index >= 15 is 0 Å². The molecule has 56 heavy (non-hydrogen) atoms. The third kappa shape index (κ3) is 4.87. The standard InChI is InChI=1S/C47H29F3N4S2/c48-47(49,50)45-29-40-34-11-1-2-12-35(34)46(54(40)51-45,30-21-25-32(26-22-30)52-36-13-3-7-17-41(36)55-42-18-8-4-14-37(42)52)31-23-27-33(28-24-31)53-38-15-5-9-19-43(38)56-44-20-10-6-16-39(44)53/h1-29H. The first-order valence-corrected chi connectivity index (χ1v) is 19.8. The first-order chi connectivity index (χ1) is 27.4. The average Bonchev–Trinajstić information content (AvgIpc) is 3.80. The first-order valence-electron chi connectivity index (χ1n) is 18.2. The summed E-state index contributed by atoms with van der Waals surface area (Å²) in [4.78, 5) is 9.10. The summed E-state index contributed by atoms with van der Waals surface area (Å²) in [5.41, 5.74) is 7.68. The number of hydrogen-bond acceptors (Lipinski definition) is 5. The lowest BCUT2D eigenvalue weighted by molar-refractivity contribution is -0.141. The molecule has 11 rings (SSSR count). The summed E-state index contributed by atoms with van der Waals surface area (Å²) in [5, 5.41) is 4.39. The van der Waals surface area contributed by atoms with Crippen LogP contribution >= 0.6 is 23.5 Å². The third-order valence-electron chi connectivity index (χ3n) is 10.9. The van der Waals surface area contributed by atoms with Crippen molar-refractivity contribution >= 4 is 57.6 Å². The van der Waals surface area contributed by atoms with E-state index in [4.69, 9.17) is 0 Å². The molecule has 0 bridgehead atoms. The molecule has 0 atom stereocenters. The molecular weight excluding hydrogens is 742 g/mol. The van der Waals surface area contributed by atoms with Gasteiger partial charge < -0.3 is 9.80 Å². The monoisotopic (exact) mass is 770 g/mol. The molecule has 4 nitrogen and oxygen atoms in total. The van der Waals surface area contributed by atoms with Crippen molar-refractivity contribution in [1.82, 2.24) is 9.78 Å². The summed E-state index contributed by atoms with van der Waals surface area (Å²) in [6.45, 7) is 0. The van der Waals surface area contributed by atoms with E-state index in [0.717, 1.165) is 76.0 Å². The van der Waals surface area contributed by atoms with Gasteiger partial charge in [-0.05, 0) is 95.6 Å². The van der Waals surface area contributed by atoms with Crippen molar-refractivity contribution in [3.63, 3.8) is 0 Å². The zero-order chi connectivity index (χ0) is 37.6. The quantitative estimate of drug-likeness (QED) is 0.177.